The van der Waals surface area contributed by atoms with Crippen molar-refractivity contribution in [2.24, 2.45) is 0 Å². The van der Waals surface area contributed by atoms with Gasteiger partial charge < -0.3 is 10.2 Å². The van der Waals surface area contributed by atoms with Crippen molar-refractivity contribution >= 4 is 23.4 Å². The minimum Gasteiger partial charge on any atom is -0.347 e. The molecule has 126 valence electrons. The average Bonchev–Trinajstić information content (AvgIpc) is 3.35. The van der Waals surface area contributed by atoms with Crippen molar-refractivity contribution in [2.75, 3.05) is 18.0 Å². The summed E-state index contributed by atoms with van der Waals surface area (Å²) in [5, 5.41) is 3.06. The number of nitrogens with zero attached hydrogens (tertiary/aromatic N) is 4. The first-order chi connectivity index (χ1) is 12.3. The van der Waals surface area contributed by atoms with Crippen LogP contribution in [0.1, 0.15) is 16.1 Å². The number of hydrogen-bond donors (Lipinski definition) is 1. The van der Waals surface area contributed by atoms with E-state index in [2.05, 4.69) is 24.6 Å². The summed E-state index contributed by atoms with van der Waals surface area (Å²) in [6, 6.07) is 13.8. The standard InChI is InChI=1S/C18H17N5OS/c24-17(16-7-10-20-25-16)21-14-8-11-23(12-14)18-19-9-6-15(22-18)13-4-2-1-3-5-13/h1-7,9-10,14H,8,11-12H2,(H,21,24). The molecular weight excluding hydrogens is 334 g/mol. The molecule has 0 bridgehead atoms. The van der Waals surface area contributed by atoms with Gasteiger partial charge >= 0.3 is 0 Å². The summed E-state index contributed by atoms with van der Waals surface area (Å²) < 4.78 is 3.97. The average molecular weight is 351 g/mol. The Morgan fingerprint density at radius 3 is 2.84 bits per heavy atom. The summed E-state index contributed by atoms with van der Waals surface area (Å²) in [6.07, 6.45) is 4.31. The second kappa shape index (κ2) is 6.98. The van der Waals surface area contributed by atoms with Gasteiger partial charge in [0.15, 0.2) is 0 Å². The van der Waals surface area contributed by atoms with E-state index in [1.807, 2.05) is 36.4 Å². The maximum Gasteiger partial charge on any atom is 0.263 e. The van der Waals surface area contributed by atoms with Gasteiger partial charge in [0, 0.05) is 37.1 Å². The molecule has 2 aromatic heterocycles. The molecule has 6 nitrogen and oxygen atoms in total. The lowest BCUT2D eigenvalue weighted by molar-refractivity contribution is 0.0944. The van der Waals surface area contributed by atoms with Gasteiger partial charge in [-0.05, 0) is 30.1 Å². The Morgan fingerprint density at radius 1 is 1.16 bits per heavy atom. The maximum atomic E-state index is 12.2. The number of carbonyl (C=O) groups excluding carboxylic acids is 1. The fourth-order valence-electron chi connectivity index (χ4n) is 2.92. The van der Waals surface area contributed by atoms with E-state index in [0.29, 0.717) is 17.4 Å². The van der Waals surface area contributed by atoms with E-state index < -0.39 is 0 Å². The Labute approximate surface area is 149 Å². The van der Waals surface area contributed by atoms with Gasteiger partial charge in [0.25, 0.3) is 5.91 Å². The monoisotopic (exact) mass is 351 g/mol. The number of amides is 1. The van der Waals surface area contributed by atoms with Crippen molar-refractivity contribution in [3.63, 3.8) is 0 Å². The zero-order valence-corrected chi connectivity index (χ0v) is 14.3. The number of hydrogen-bond acceptors (Lipinski definition) is 6. The number of aromatic nitrogens is 3. The molecular formula is C18H17N5OS. The fraction of sp³-hybridized carbons (Fsp3) is 0.222. The molecule has 4 rings (SSSR count). The predicted octanol–water partition coefficient (Wildman–Crippen LogP) is 2.61. The van der Waals surface area contributed by atoms with Crippen LogP contribution in [0.4, 0.5) is 5.95 Å². The van der Waals surface area contributed by atoms with Crippen molar-refractivity contribution < 1.29 is 4.79 Å². The molecule has 3 heterocycles. The first-order valence-corrected chi connectivity index (χ1v) is 8.92. The molecule has 7 heteroatoms. The molecule has 1 fully saturated rings. The number of rotatable bonds is 4. The van der Waals surface area contributed by atoms with E-state index in [4.69, 9.17) is 0 Å². The summed E-state index contributed by atoms with van der Waals surface area (Å²) in [5.74, 6) is 0.643. The molecule has 1 atom stereocenters. The molecule has 1 amide bonds. The van der Waals surface area contributed by atoms with E-state index in [-0.39, 0.29) is 11.9 Å². The Kier molecular flexibility index (Phi) is 4.39. The highest BCUT2D eigenvalue weighted by atomic mass is 32.1. The van der Waals surface area contributed by atoms with Crippen molar-refractivity contribution in [1.82, 2.24) is 19.7 Å². The smallest absolute Gasteiger partial charge is 0.263 e. The summed E-state index contributed by atoms with van der Waals surface area (Å²) in [7, 11) is 0. The highest BCUT2D eigenvalue weighted by Gasteiger charge is 2.26. The van der Waals surface area contributed by atoms with Gasteiger partial charge in [-0.15, -0.1) is 0 Å². The molecule has 25 heavy (non-hydrogen) atoms. The van der Waals surface area contributed by atoms with Crippen LogP contribution in [0.15, 0.2) is 54.9 Å². The predicted molar refractivity (Wildman–Crippen MR) is 97.7 cm³/mol. The molecule has 0 saturated carbocycles. The lowest BCUT2D eigenvalue weighted by Crippen LogP contribution is -2.37. The van der Waals surface area contributed by atoms with Crippen LogP contribution in [0, 0.1) is 0 Å². The normalized spacial score (nSPS) is 16.8. The van der Waals surface area contributed by atoms with E-state index in [0.717, 1.165) is 24.2 Å². The quantitative estimate of drug-likeness (QED) is 0.782. The topological polar surface area (TPSA) is 71.0 Å². The number of nitrogens with one attached hydrogen (secondary N) is 1. The van der Waals surface area contributed by atoms with E-state index in [1.165, 1.54) is 11.5 Å². The van der Waals surface area contributed by atoms with Crippen LogP contribution in [-0.2, 0) is 0 Å². The van der Waals surface area contributed by atoms with Gasteiger partial charge in [0.05, 0.1) is 5.69 Å². The van der Waals surface area contributed by atoms with Crippen molar-refractivity contribution in [2.45, 2.75) is 12.5 Å². The second-order valence-electron chi connectivity index (χ2n) is 5.89. The summed E-state index contributed by atoms with van der Waals surface area (Å²) in [5.41, 5.74) is 1.98. The molecule has 1 unspecified atom stereocenters. The van der Waals surface area contributed by atoms with Crippen molar-refractivity contribution in [3.05, 3.63) is 59.7 Å². The van der Waals surface area contributed by atoms with Crippen LogP contribution in [0.25, 0.3) is 11.3 Å². The SMILES string of the molecule is O=C(NC1CCN(c2nccc(-c3ccccc3)n2)C1)c1ccns1. The minimum absolute atomic E-state index is 0.0618. The van der Waals surface area contributed by atoms with Crippen LogP contribution in [0.3, 0.4) is 0 Å². The maximum absolute atomic E-state index is 12.2. The zero-order chi connectivity index (χ0) is 17.1. The van der Waals surface area contributed by atoms with Crippen LogP contribution in [0.5, 0.6) is 0 Å². The van der Waals surface area contributed by atoms with Gasteiger partial charge in [-0.3, -0.25) is 4.79 Å². The molecule has 1 aliphatic heterocycles. The highest BCUT2D eigenvalue weighted by molar-refractivity contribution is 7.08. The molecule has 1 aliphatic rings. The van der Waals surface area contributed by atoms with Crippen molar-refractivity contribution in [1.29, 1.82) is 0 Å². The third-order valence-electron chi connectivity index (χ3n) is 4.18. The zero-order valence-electron chi connectivity index (χ0n) is 13.5. The molecule has 0 spiro atoms. The van der Waals surface area contributed by atoms with Gasteiger partial charge in [0.1, 0.15) is 4.88 Å². The highest BCUT2D eigenvalue weighted by Crippen LogP contribution is 2.21. The third kappa shape index (κ3) is 3.51. The lowest BCUT2D eigenvalue weighted by Gasteiger charge is -2.17. The first-order valence-electron chi connectivity index (χ1n) is 8.14. The minimum atomic E-state index is -0.0618. The molecule has 1 aromatic carbocycles. The van der Waals surface area contributed by atoms with Crippen LogP contribution >= 0.6 is 11.5 Å². The Morgan fingerprint density at radius 2 is 2.04 bits per heavy atom. The van der Waals surface area contributed by atoms with Crippen LogP contribution < -0.4 is 10.2 Å². The van der Waals surface area contributed by atoms with Gasteiger partial charge in [-0.1, -0.05) is 30.3 Å². The van der Waals surface area contributed by atoms with Crippen molar-refractivity contribution in [3.8, 4) is 11.3 Å². The molecule has 1 saturated heterocycles. The van der Waals surface area contributed by atoms with Crippen LogP contribution in [0.2, 0.25) is 0 Å². The number of carbonyl (C=O) groups is 1. The molecule has 3 aromatic rings. The van der Waals surface area contributed by atoms with E-state index >= 15 is 0 Å². The second-order valence-corrected chi connectivity index (χ2v) is 6.72. The molecule has 0 aliphatic carbocycles. The fourth-order valence-corrected chi connectivity index (χ4v) is 3.42. The third-order valence-corrected chi connectivity index (χ3v) is 4.93. The first kappa shape index (κ1) is 15.7. The molecule has 1 N–H and O–H groups in total. The Balaban J connectivity index is 1.44. The number of anilines is 1. The van der Waals surface area contributed by atoms with Gasteiger partial charge in [0.2, 0.25) is 5.95 Å². The van der Waals surface area contributed by atoms with E-state index in [1.54, 1.807) is 18.5 Å². The Hall–Kier alpha value is -2.80. The summed E-state index contributed by atoms with van der Waals surface area (Å²) in [6.45, 7) is 1.54. The van der Waals surface area contributed by atoms with E-state index in [9.17, 15) is 4.79 Å². The van der Waals surface area contributed by atoms with Gasteiger partial charge in [-0.25, -0.2) is 14.3 Å². The lowest BCUT2D eigenvalue weighted by atomic mass is 10.1. The van der Waals surface area contributed by atoms with Crippen LogP contribution in [-0.4, -0.2) is 39.4 Å². The van der Waals surface area contributed by atoms with Gasteiger partial charge in [-0.2, -0.15) is 0 Å². The Bertz CT molecular complexity index is 853. The summed E-state index contributed by atoms with van der Waals surface area (Å²) >= 11 is 1.21. The largest absolute Gasteiger partial charge is 0.347 e. The number of benzene rings is 1. The molecule has 0 radical (unpaired) electrons. The summed E-state index contributed by atoms with van der Waals surface area (Å²) in [4.78, 5) is 24.0.